The summed E-state index contributed by atoms with van der Waals surface area (Å²) in [5.41, 5.74) is 1.24. The number of imidazole rings is 1. The number of piperidine rings is 1. The molecule has 2 aromatic heterocycles. The molecule has 34 heavy (non-hydrogen) atoms. The average Bonchev–Trinajstić information content (AvgIpc) is 3.24. The summed E-state index contributed by atoms with van der Waals surface area (Å²) in [6.07, 6.45) is 8.65. The van der Waals surface area contributed by atoms with Crippen LogP contribution in [0, 0.1) is 5.92 Å². The summed E-state index contributed by atoms with van der Waals surface area (Å²) >= 11 is 0. The van der Waals surface area contributed by atoms with Gasteiger partial charge in [-0.2, -0.15) is 0 Å². The number of aromatic nitrogens is 4. The molecule has 8 nitrogen and oxygen atoms in total. The molecule has 1 aliphatic heterocycles. The molecule has 0 saturated carbocycles. The third kappa shape index (κ3) is 4.31. The summed E-state index contributed by atoms with van der Waals surface area (Å²) < 4.78 is 8.53. The van der Waals surface area contributed by atoms with E-state index in [9.17, 15) is 9.59 Å². The van der Waals surface area contributed by atoms with Crippen LogP contribution in [0.1, 0.15) is 30.1 Å². The zero-order valence-electron chi connectivity index (χ0n) is 19.1. The van der Waals surface area contributed by atoms with Crippen LogP contribution in [0.4, 0.5) is 5.95 Å². The smallest absolute Gasteiger partial charge is 0.341 e. The average molecular weight is 458 g/mol. The second kappa shape index (κ2) is 9.51. The maximum Gasteiger partial charge on any atom is 0.341 e. The Hall–Kier alpha value is -3.94. The Morgan fingerprint density at radius 3 is 2.53 bits per heavy atom. The van der Waals surface area contributed by atoms with Gasteiger partial charge in [-0.1, -0.05) is 36.4 Å². The number of hydrogen-bond acceptors (Lipinski definition) is 6. The molecule has 2 aromatic carbocycles. The highest BCUT2D eigenvalue weighted by molar-refractivity contribution is 5.90. The molecule has 1 fully saturated rings. The Labute approximate surface area is 197 Å². The van der Waals surface area contributed by atoms with Crippen molar-refractivity contribution in [1.82, 2.24) is 19.1 Å². The van der Waals surface area contributed by atoms with Crippen molar-refractivity contribution in [2.45, 2.75) is 26.3 Å². The van der Waals surface area contributed by atoms with E-state index in [0.717, 1.165) is 42.4 Å². The number of rotatable bonds is 6. The zero-order valence-corrected chi connectivity index (χ0v) is 19.1. The molecule has 0 atom stereocenters. The minimum absolute atomic E-state index is 0.0170. The molecule has 0 amide bonds. The lowest BCUT2D eigenvalue weighted by Gasteiger charge is -2.31. The van der Waals surface area contributed by atoms with Crippen LogP contribution in [0.25, 0.3) is 16.5 Å². The van der Waals surface area contributed by atoms with Crippen molar-refractivity contribution in [2.75, 3.05) is 24.6 Å². The third-order valence-electron chi connectivity index (χ3n) is 6.38. The van der Waals surface area contributed by atoms with Crippen LogP contribution in [-0.4, -0.2) is 44.8 Å². The highest BCUT2D eigenvalue weighted by Crippen LogP contribution is 2.23. The van der Waals surface area contributed by atoms with Gasteiger partial charge in [-0.05, 0) is 37.1 Å². The molecule has 5 rings (SSSR count). The van der Waals surface area contributed by atoms with Gasteiger partial charge in [-0.3, -0.25) is 9.13 Å². The number of carbonyl (C=O) groups is 1. The number of hydrogen-bond donors (Lipinski definition) is 0. The minimum Gasteiger partial charge on any atom is -0.462 e. The molecule has 8 heteroatoms. The maximum atomic E-state index is 13.2. The van der Waals surface area contributed by atoms with Gasteiger partial charge in [0.05, 0.1) is 17.9 Å². The van der Waals surface area contributed by atoms with E-state index in [1.54, 1.807) is 11.5 Å². The first kappa shape index (κ1) is 21.9. The predicted molar refractivity (Wildman–Crippen MR) is 130 cm³/mol. The summed E-state index contributed by atoms with van der Waals surface area (Å²) in [5.74, 6) is 0.607. The van der Waals surface area contributed by atoms with E-state index < -0.39 is 5.97 Å². The molecule has 174 valence electrons. The number of esters is 1. The van der Waals surface area contributed by atoms with Crippen molar-refractivity contribution >= 4 is 22.7 Å². The number of nitrogens with zero attached hydrogens (tertiary/aromatic N) is 5. The third-order valence-corrected chi connectivity index (χ3v) is 6.38. The molecule has 0 N–H and O–H groups in total. The maximum absolute atomic E-state index is 13.2. The van der Waals surface area contributed by atoms with E-state index in [1.807, 2.05) is 47.3 Å². The van der Waals surface area contributed by atoms with Crippen molar-refractivity contribution in [1.29, 1.82) is 0 Å². The first-order valence-corrected chi connectivity index (χ1v) is 11.6. The number of fused-ring (bicyclic) bond motifs is 1. The summed E-state index contributed by atoms with van der Waals surface area (Å²) in [6, 6.07) is 14.1. The summed E-state index contributed by atoms with van der Waals surface area (Å²) in [5, 5.41) is 2.18. The molecule has 3 heterocycles. The van der Waals surface area contributed by atoms with Crippen LogP contribution in [0.3, 0.4) is 0 Å². The van der Waals surface area contributed by atoms with Gasteiger partial charge in [0.1, 0.15) is 0 Å². The lowest BCUT2D eigenvalue weighted by atomic mass is 9.97. The van der Waals surface area contributed by atoms with Gasteiger partial charge in [-0.25, -0.2) is 19.6 Å². The SMILES string of the molecule is CCOC(=O)c1cnc(N2CCC(Cn3ccn(-c4cccc5ccccc45)c3=O)CC2)nc1. The van der Waals surface area contributed by atoms with Gasteiger partial charge in [0.15, 0.2) is 0 Å². The molecule has 1 saturated heterocycles. The summed E-state index contributed by atoms with van der Waals surface area (Å²) in [7, 11) is 0. The summed E-state index contributed by atoms with van der Waals surface area (Å²) in [4.78, 5) is 35.8. The van der Waals surface area contributed by atoms with Crippen molar-refractivity contribution in [3.05, 3.63) is 83.3 Å². The fourth-order valence-electron chi connectivity index (χ4n) is 4.55. The van der Waals surface area contributed by atoms with Crippen molar-refractivity contribution in [2.24, 2.45) is 5.92 Å². The topological polar surface area (TPSA) is 82.2 Å². The second-order valence-corrected chi connectivity index (χ2v) is 8.52. The van der Waals surface area contributed by atoms with E-state index in [-0.39, 0.29) is 5.69 Å². The lowest BCUT2D eigenvalue weighted by molar-refractivity contribution is 0.0525. The monoisotopic (exact) mass is 457 g/mol. The number of carbonyl (C=O) groups excluding carboxylic acids is 1. The zero-order chi connectivity index (χ0) is 23.5. The first-order chi connectivity index (χ1) is 16.6. The van der Waals surface area contributed by atoms with Gasteiger partial charge in [0, 0.05) is 49.8 Å². The standard InChI is InChI=1S/C26H27N5O3/c1-2-34-24(32)21-16-27-25(28-17-21)29-12-10-19(11-13-29)18-30-14-15-31(26(30)33)23-9-5-7-20-6-3-4-8-22(20)23/h3-9,14-17,19H,2,10-13,18H2,1H3. The summed E-state index contributed by atoms with van der Waals surface area (Å²) in [6.45, 7) is 4.39. The van der Waals surface area contributed by atoms with Crippen molar-refractivity contribution in [3.8, 4) is 5.69 Å². The molecular formula is C26H27N5O3. The van der Waals surface area contributed by atoms with E-state index in [1.165, 1.54) is 12.4 Å². The van der Waals surface area contributed by atoms with Crippen LogP contribution in [0.2, 0.25) is 0 Å². The molecule has 4 aromatic rings. The number of ether oxygens (including phenoxy) is 1. The fraction of sp³-hybridized carbons (Fsp3) is 0.308. The number of benzene rings is 2. The number of anilines is 1. The van der Waals surface area contributed by atoms with Crippen LogP contribution in [-0.2, 0) is 11.3 Å². The Morgan fingerprint density at radius 2 is 1.76 bits per heavy atom. The van der Waals surface area contributed by atoms with Gasteiger partial charge in [0.25, 0.3) is 0 Å². The minimum atomic E-state index is -0.409. The molecule has 0 bridgehead atoms. The van der Waals surface area contributed by atoms with E-state index in [4.69, 9.17) is 4.74 Å². The Balaban J connectivity index is 1.24. The highest BCUT2D eigenvalue weighted by Gasteiger charge is 2.22. The van der Waals surface area contributed by atoms with Gasteiger partial charge < -0.3 is 9.64 Å². The lowest BCUT2D eigenvalue weighted by Crippen LogP contribution is -2.37. The predicted octanol–water partition coefficient (Wildman–Crippen LogP) is 3.68. The van der Waals surface area contributed by atoms with Crippen LogP contribution in [0.5, 0.6) is 0 Å². The van der Waals surface area contributed by atoms with E-state index >= 15 is 0 Å². The molecule has 0 unspecified atom stereocenters. The molecule has 0 radical (unpaired) electrons. The van der Waals surface area contributed by atoms with Crippen molar-refractivity contribution < 1.29 is 9.53 Å². The van der Waals surface area contributed by atoms with E-state index in [0.29, 0.717) is 30.6 Å². The van der Waals surface area contributed by atoms with Gasteiger partial charge >= 0.3 is 11.7 Å². The van der Waals surface area contributed by atoms with Crippen LogP contribution < -0.4 is 10.6 Å². The van der Waals surface area contributed by atoms with Crippen LogP contribution in [0.15, 0.2) is 72.0 Å². The quantitative estimate of drug-likeness (QED) is 0.411. The molecule has 0 aliphatic carbocycles. The Morgan fingerprint density at radius 1 is 1.03 bits per heavy atom. The Kier molecular flexibility index (Phi) is 6.12. The normalized spacial score (nSPS) is 14.4. The van der Waals surface area contributed by atoms with Gasteiger partial charge in [0.2, 0.25) is 5.95 Å². The molecular weight excluding hydrogens is 430 g/mol. The first-order valence-electron chi connectivity index (χ1n) is 11.6. The highest BCUT2D eigenvalue weighted by atomic mass is 16.5. The van der Waals surface area contributed by atoms with Crippen LogP contribution >= 0.6 is 0 Å². The fourth-order valence-corrected chi connectivity index (χ4v) is 4.55. The van der Waals surface area contributed by atoms with E-state index in [2.05, 4.69) is 27.0 Å². The Bertz CT molecular complexity index is 1350. The second-order valence-electron chi connectivity index (χ2n) is 8.52. The van der Waals surface area contributed by atoms with Crippen molar-refractivity contribution in [3.63, 3.8) is 0 Å². The van der Waals surface area contributed by atoms with Gasteiger partial charge in [-0.15, -0.1) is 0 Å². The molecule has 0 spiro atoms. The largest absolute Gasteiger partial charge is 0.462 e. The molecule has 1 aliphatic rings.